The van der Waals surface area contributed by atoms with E-state index in [1.807, 2.05) is 49.4 Å². The van der Waals surface area contributed by atoms with Crippen LogP contribution in [0.4, 0.5) is 5.69 Å². The third kappa shape index (κ3) is 3.25. The van der Waals surface area contributed by atoms with Crippen molar-refractivity contribution in [1.29, 1.82) is 0 Å². The van der Waals surface area contributed by atoms with Gasteiger partial charge in [-0.3, -0.25) is 14.7 Å². The van der Waals surface area contributed by atoms with Crippen LogP contribution in [0.5, 0.6) is 0 Å². The van der Waals surface area contributed by atoms with E-state index in [0.717, 1.165) is 16.5 Å². The normalized spacial score (nSPS) is 15.1. The molecule has 1 aromatic heterocycles. The van der Waals surface area contributed by atoms with Crippen LogP contribution in [0.15, 0.2) is 82.2 Å². The molecule has 0 aliphatic carbocycles. The van der Waals surface area contributed by atoms with Crippen molar-refractivity contribution in [2.75, 3.05) is 5.01 Å². The van der Waals surface area contributed by atoms with Crippen LogP contribution in [0.1, 0.15) is 18.2 Å². The van der Waals surface area contributed by atoms with Crippen molar-refractivity contribution in [2.45, 2.75) is 13.8 Å². The van der Waals surface area contributed by atoms with Gasteiger partial charge >= 0.3 is 0 Å². The van der Waals surface area contributed by atoms with Gasteiger partial charge in [0, 0.05) is 16.1 Å². The van der Waals surface area contributed by atoms with Crippen molar-refractivity contribution >= 4 is 45.8 Å². The second kappa shape index (κ2) is 7.66. The van der Waals surface area contributed by atoms with Gasteiger partial charge in [-0.05, 0) is 49.6 Å². The molecule has 6 nitrogen and oxygen atoms in total. The number of benzene rings is 3. The molecule has 1 aliphatic rings. The van der Waals surface area contributed by atoms with Crippen LogP contribution in [0.2, 0.25) is 5.02 Å². The lowest BCUT2D eigenvalue weighted by Gasteiger charge is -2.11. The fourth-order valence-corrected chi connectivity index (χ4v) is 4.10. The molecule has 0 saturated carbocycles. The van der Waals surface area contributed by atoms with E-state index in [-0.39, 0.29) is 11.5 Å². The monoisotopic (exact) mass is 442 g/mol. The minimum absolute atomic E-state index is 0.229. The molecule has 7 heteroatoms. The fourth-order valence-electron chi connectivity index (χ4n) is 3.91. The van der Waals surface area contributed by atoms with E-state index >= 15 is 0 Å². The predicted molar refractivity (Wildman–Crippen MR) is 129 cm³/mol. The molecule has 0 bridgehead atoms. The topological polar surface area (TPSA) is 70.5 Å². The number of amides is 1. The van der Waals surface area contributed by atoms with Crippen LogP contribution in [0, 0.1) is 6.92 Å². The number of nitrogens with one attached hydrogen (secondary N) is 1. The number of hydrazone groups is 1. The summed E-state index contributed by atoms with van der Waals surface area (Å²) in [5.41, 5.74) is 3.09. The average Bonchev–Trinajstić information content (AvgIpc) is 3.23. The molecule has 1 aliphatic heterocycles. The number of aromatic nitrogens is 2. The van der Waals surface area contributed by atoms with Gasteiger partial charge in [0.1, 0.15) is 0 Å². The number of nitrogens with zero attached hydrogens (tertiary/aromatic N) is 3. The first-order valence-electron chi connectivity index (χ1n) is 10.1. The van der Waals surface area contributed by atoms with Crippen LogP contribution >= 0.6 is 11.6 Å². The number of carbonyl (C=O) groups is 1. The summed E-state index contributed by atoms with van der Waals surface area (Å²) >= 11 is 6.07. The molecule has 0 atom stereocenters. The van der Waals surface area contributed by atoms with Crippen molar-refractivity contribution in [3.63, 3.8) is 0 Å². The molecule has 4 aromatic rings. The SMILES string of the molecule is CC1=NN(c2cccc(Cl)c2)C(=O)C1=Cc1c(C)[nH]n(-c2cccc3ccccc23)c1=O. The number of carbonyl (C=O) groups excluding carboxylic acids is 1. The highest BCUT2D eigenvalue weighted by Gasteiger charge is 2.29. The highest BCUT2D eigenvalue weighted by molar-refractivity contribution is 6.33. The zero-order chi connectivity index (χ0) is 22.4. The number of aryl methyl sites for hydroxylation is 1. The summed E-state index contributed by atoms with van der Waals surface area (Å²) in [7, 11) is 0. The zero-order valence-electron chi connectivity index (χ0n) is 17.5. The van der Waals surface area contributed by atoms with E-state index in [2.05, 4.69) is 10.2 Å². The molecule has 0 unspecified atom stereocenters. The quantitative estimate of drug-likeness (QED) is 0.449. The Morgan fingerprint density at radius 2 is 1.72 bits per heavy atom. The van der Waals surface area contributed by atoms with E-state index in [9.17, 15) is 9.59 Å². The Kier molecular flexibility index (Phi) is 4.79. The first-order chi connectivity index (χ1) is 15.4. The van der Waals surface area contributed by atoms with Gasteiger partial charge in [-0.1, -0.05) is 54.1 Å². The van der Waals surface area contributed by atoms with Crippen LogP contribution in [0.25, 0.3) is 22.5 Å². The molecule has 1 N–H and O–H groups in total. The van der Waals surface area contributed by atoms with E-state index in [4.69, 9.17) is 11.6 Å². The molecule has 0 spiro atoms. The van der Waals surface area contributed by atoms with Crippen LogP contribution in [0.3, 0.4) is 0 Å². The lowest BCUT2D eigenvalue weighted by Crippen LogP contribution is -2.22. The number of anilines is 1. The van der Waals surface area contributed by atoms with Crippen molar-refractivity contribution in [3.8, 4) is 5.69 Å². The third-order valence-electron chi connectivity index (χ3n) is 5.53. The maximum atomic E-state index is 13.3. The number of hydrogen-bond donors (Lipinski definition) is 1. The van der Waals surface area contributed by atoms with Gasteiger partial charge in [0.05, 0.1) is 28.2 Å². The Balaban J connectivity index is 1.59. The summed E-state index contributed by atoms with van der Waals surface area (Å²) in [5.74, 6) is -0.304. The maximum Gasteiger partial charge on any atom is 0.280 e. The van der Waals surface area contributed by atoms with E-state index in [1.165, 1.54) is 9.69 Å². The summed E-state index contributed by atoms with van der Waals surface area (Å²) in [6.45, 7) is 3.57. The average molecular weight is 443 g/mol. The van der Waals surface area contributed by atoms with E-state index in [1.54, 1.807) is 37.3 Å². The Bertz CT molecular complexity index is 1500. The highest BCUT2D eigenvalue weighted by Crippen LogP contribution is 2.27. The predicted octanol–water partition coefficient (Wildman–Crippen LogP) is 5.09. The molecular weight excluding hydrogens is 424 g/mol. The fraction of sp³-hybridized carbons (Fsp3) is 0.0800. The Hall–Kier alpha value is -3.90. The Morgan fingerprint density at radius 3 is 2.53 bits per heavy atom. The molecular formula is C25H19ClN4O2. The molecule has 5 rings (SSSR count). The maximum absolute atomic E-state index is 13.3. The largest absolute Gasteiger partial charge is 0.295 e. The van der Waals surface area contributed by atoms with E-state index in [0.29, 0.717) is 33.3 Å². The zero-order valence-corrected chi connectivity index (χ0v) is 18.2. The van der Waals surface area contributed by atoms with Gasteiger partial charge < -0.3 is 0 Å². The second-order valence-corrected chi connectivity index (χ2v) is 8.07. The van der Waals surface area contributed by atoms with E-state index < -0.39 is 0 Å². The molecule has 158 valence electrons. The van der Waals surface area contributed by atoms with Crippen LogP contribution in [-0.2, 0) is 4.79 Å². The second-order valence-electron chi connectivity index (χ2n) is 7.63. The third-order valence-corrected chi connectivity index (χ3v) is 5.76. The van der Waals surface area contributed by atoms with Gasteiger partial charge in [-0.15, -0.1) is 0 Å². The van der Waals surface area contributed by atoms with Crippen molar-refractivity contribution < 1.29 is 4.79 Å². The lowest BCUT2D eigenvalue weighted by atomic mass is 10.1. The summed E-state index contributed by atoms with van der Waals surface area (Å²) < 4.78 is 1.52. The summed E-state index contributed by atoms with van der Waals surface area (Å²) in [6.07, 6.45) is 1.61. The molecule has 0 radical (unpaired) electrons. The van der Waals surface area contributed by atoms with Crippen LogP contribution < -0.4 is 10.6 Å². The van der Waals surface area contributed by atoms with Gasteiger partial charge in [0.25, 0.3) is 11.5 Å². The first-order valence-corrected chi connectivity index (χ1v) is 10.5. The number of halogens is 1. The van der Waals surface area contributed by atoms with Gasteiger partial charge in [0.2, 0.25) is 0 Å². The summed E-state index contributed by atoms with van der Waals surface area (Å²) in [6, 6.07) is 20.6. The summed E-state index contributed by atoms with van der Waals surface area (Å²) in [5, 5.41) is 11.3. The van der Waals surface area contributed by atoms with Crippen molar-refractivity contribution in [2.24, 2.45) is 5.10 Å². The number of rotatable bonds is 3. The molecule has 0 fully saturated rings. The Labute approximate surface area is 189 Å². The highest BCUT2D eigenvalue weighted by atomic mass is 35.5. The Morgan fingerprint density at radius 1 is 0.969 bits per heavy atom. The minimum Gasteiger partial charge on any atom is -0.295 e. The number of H-pyrrole nitrogens is 1. The standard InChI is InChI=1S/C25H19ClN4O2/c1-15-21(24(31)29(27-15)19-10-6-9-18(26)13-19)14-22-16(2)28-30(25(22)32)23-12-5-8-17-7-3-4-11-20(17)23/h3-14,28H,1-2H3. The van der Waals surface area contributed by atoms with Crippen LogP contribution in [-0.4, -0.2) is 21.4 Å². The summed E-state index contributed by atoms with van der Waals surface area (Å²) in [4.78, 5) is 26.4. The molecule has 1 amide bonds. The number of hydrogen-bond acceptors (Lipinski definition) is 3. The minimum atomic E-state index is -0.304. The molecule has 2 heterocycles. The first kappa shape index (κ1) is 20.0. The number of fused-ring (bicyclic) bond motifs is 1. The van der Waals surface area contributed by atoms with Gasteiger partial charge in [-0.2, -0.15) is 10.1 Å². The smallest absolute Gasteiger partial charge is 0.280 e. The number of aromatic amines is 1. The van der Waals surface area contributed by atoms with Gasteiger partial charge in [0.15, 0.2) is 0 Å². The van der Waals surface area contributed by atoms with Gasteiger partial charge in [-0.25, -0.2) is 4.68 Å². The van der Waals surface area contributed by atoms with Crippen molar-refractivity contribution in [3.05, 3.63) is 98.9 Å². The molecule has 0 saturated heterocycles. The van der Waals surface area contributed by atoms with Crippen molar-refractivity contribution in [1.82, 2.24) is 9.78 Å². The molecule has 32 heavy (non-hydrogen) atoms. The lowest BCUT2D eigenvalue weighted by molar-refractivity contribution is -0.114. The molecule has 3 aromatic carbocycles.